The first kappa shape index (κ1) is 16.9. The highest BCUT2D eigenvalue weighted by Gasteiger charge is 2.18. The Morgan fingerprint density at radius 1 is 1.00 bits per heavy atom. The Morgan fingerprint density at radius 3 is 2.54 bits per heavy atom. The molecule has 0 saturated carbocycles. The van der Waals surface area contributed by atoms with Crippen LogP contribution in [0.25, 0.3) is 10.8 Å². The van der Waals surface area contributed by atoms with Crippen LogP contribution in [0.3, 0.4) is 0 Å². The molecule has 3 rings (SSSR count). The van der Waals surface area contributed by atoms with Gasteiger partial charge in [0.2, 0.25) is 0 Å². The minimum Gasteiger partial charge on any atom is -0.493 e. The van der Waals surface area contributed by atoms with E-state index in [0.29, 0.717) is 0 Å². The lowest BCUT2D eigenvalue weighted by Gasteiger charge is -2.24. The van der Waals surface area contributed by atoms with Crippen molar-refractivity contribution in [2.24, 2.45) is 0 Å². The molecule has 2 aromatic rings. The molecule has 0 fully saturated rings. The van der Waals surface area contributed by atoms with Crippen LogP contribution in [-0.2, 0) is 12.8 Å². The molecule has 1 aliphatic heterocycles. The predicted molar refractivity (Wildman–Crippen MR) is 102 cm³/mol. The lowest BCUT2D eigenvalue weighted by Crippen LogP contribution is -2.14. The van der Waals surface area contributed by atoms with Gasteiger partial charge in [0.05, 0.1) is 14.2 Å². The summed E-state index contributed by atoms with van der Waals surface area (Å²) < 4.78 is 11.0. The van der Waals surface area contributed by atoms with Gasteiger partial charge in [-0.05, 0) is 54.3 Å². The van der Waals surface area contributed by atoms with E-state index < -0.39 is 0 Å². The van der Waals surface area contributed by atoms with Crippen molar-refractivity contribution in [2.75, 3.05) is 26.1 Å². The summed E-state index contributed by atoms with van der Waals surface area (Å²) in [6.45, 7) is 3.32. The van der Waals surface area contributed by atoms with Crippen LogP contribution in [0.5, 0.6) is 11.5 Å². The van der Waals surface area contributed by atoms with Crippen molar-refractivity contribution in [3.8, 4) is 11.5 Å². The maximum absolute atomic E-state index is 5.50. The monoisotopic (exact) mass is 327 g/mol. The van der Waals surface area contributed by atoms with Gasteiger partial charge in [0, 0.05) is 17.6 Å². The summed E-state index contributed by atoms with van der Waals surface area (Å²) in [5.41, 5.74) is 4.33. The second kappa shape index (κ2) is 7.78. The molecule has 0 aromatic heterocycles. The largest absolute Gasteiger partial charge is 0.493 e. The number of methoxy groups -OCH3 is 2. The molecule has 24 heavy (non-hydrogen) atoms. The van der Waals surface area contributed by atoms with E-state index in [1.807, 2.05) is 0 Å². The summed E-state index contributed by atoms with van der Waals surface area (Å²) in [7, 11) is 3.40. The zero-order chi connectivity index (χ0) is 16.9. The fourth-order valence-electron chi connectivity index (χ4n) is 3.76. The minimum absolute atomic E-state index is 0.801. The maximum Gasteiger partial charge on any atom is 0.161 e. The van der Waals surface area contributed by atoms with Gasteiger partial charge in [0.15, 0.2) is 11.5 Å². The fraction of sp³-hybridized carbons (Fsp3) is 0.524. The molecular formula is C21H29NO2. The van der Waals surface area contributed by atoms with E-state index in [9.17, 15) is 0 Å². The van der Waals surface area contributed by atoms with Gasteiger partial charge in [-0.25, -0.2) is 0 Å². The standard InChI is InChI=1S/C21H29NO2/c1-4-5-6-7-9-15-12-16-13-19(23-2)20(24-3)14-18(16)21-17(15)10-8-11-22-21/h12-14,22H,4-11H2,1-3H3. The van der Waals surface area contributed by atoms with Crippen LogP contribution in [0.15, 0.2) is 18.2 Å². The smallest absolute Gasteiger partial charge is 0.161 e. The first-order valence-corrected chi connectivity index (χ1v) is 9.22. The molecule has 1 aliphatic rings. The van der Waals surface area contributed by atoms with Crippen molar-refractivity contribution in [2.45, 2.75) is 51.9 Å². The van der Waals surface area contributed by atoms with E-state index in [0.717, 1.165) is 18.0 Å². The van der Waals surface area contributed by atoms with Gasteiger partial charge in [-0.15, -0.1) is 0 Å². The number of nitrogens with one attached hydrogen (secondary N) is 1. The molecule has 0 saturated heterocycles. The Morgan fingerprint density at radius 2 is 1.79 bits per heavy atom. The van der Waals surface area contributed by atoms with Crippen LogP contribution in [-0.4, -0.2) is 20.8 Å². The number of benzene rings is 2. The Labute approximate surface area is 145 Å². The third kappa shape index (κ3) is 3.31. The number of anilines is 1. The Hall–Kier alpha value is -1.90. The van der Waals surface area contributed by atoms with Gasteiger partial charge < -0.3 is 14.8 Å². The molecule has 3 heteroatoms. The highest BCUT2D eigenvalue weighted by Crippen LogP contribution is 2.40. The second-order valence-corrected chi connectivity index (χ2v) is 6.66. The van der Waals surface area contributed by atoms with E-state index >= 15 is 0 Å². The first-order chi connectivity index (χ1) is 11.8. The first-order valence-electron chi connectivity index (χ1n) is 9.22. The van der Waals surface area contributed by atoms with E-state index in [1.165, 1.54) is 72.5 Å². The number of hydrogen-bond donors (Lipinski definition) is 1. The van der Waals surface area contributed by atoms with Crippen LogP contribution in [0.2, 0.25) is 0 Å². The van der Waals surface area contributed by atoms with Crippen molar-refractivity contribution >= 4 is 16.5 Å². The van der Waals surface area contributed by atoms with Gasteiger partial charge in [-0.2, -0.15) is 0 Å². The number of hydrogen-bond acceptors (Lipinski definition) is 3. The summed E-state index contributed by atoms with van der Waals surface area (Å²) in [4.78, 5) is 0. The molecule has 0 amide bonds. The molecule has 0 spiro atoms. The third-order valence-corrected chi connectivity index (χ3v) is 5.05. The topological polar surface area (TPSA) is 30.5 Å². The molecule has 1 N–H and O–H groups in total. The van der Waals surface area contributed by atoms with E-state index in [-0.39, 0.29) is 0 Å². The molecule has 3 nitrogen and oxygen atoms in total. The number of unbranched alkanes of at least 4 members (excludes halogenated alkanes) is 3. The van der Waals surface area contributed by atoms with Crippen LogP contribution in [0.1, 0.15) is 50.2 Å². The average molecular weight is 327 g/mol. The summed E-state index contributed by atoms with van der Waals surface area (Å²) in [5, 5.41) is 6.13. The molecule has 2 aromatic carbocycles. The highest BCUT2D eigenvalue weighted by atomic mass is 16.5. The van der Waals surface area contributed by atoms with Gasteiger partial charge in [0.25, 0.3) is 0 Å². The van der Waals surface area contributed by atoms with E-state index in [2.05, 4.69) is 30.4 Å². The number of fused-ring (bicyclic) bond motifs is 3. The van der Waals surface area contributed by atoms with E-state index in [4.69, 9.17) is 9.47 Å². The number of rotatable bonds is 7. The predicted octanol–water partition coefficient (Wildman–Crippen LogP) is 5.34. The fourth-order valence-corrected chi connectivity index (χ4v) is 3.76. The van der Waals surface area contributed by atoms with Gasteiger partial charge in [0.1, 0.15) is 0 Å². The van der Waals surface area contributed by atoms with Crippen LogP contribution >= 0.6 is 0 Å². The zero-order valence-corrected chi connectivity index (χ0v) is 15.2. The Balaban J connectivity index is 2.05. The van der Waals surface area contributed by atoms with Crippen LogP contribution in [0, 0.1) is 0 Å². The molecule has 0 bridgehead atoms. The Bertz CT molecular complexity index is 709. The summed E-state index contributed by atoms with van der Waals surface area (Å²) >= 11 is 0. The summed E-state index contributed by atoms with van der Waals surface area (Å²) in [6.07, 6.45) is 8.78. The van der Waals surface area contributed by atoms with Gasteiger partial charge >= 0.3 is 0 Å². The molecule has 0 radical (unpaired) electrons. The van der Waals surface area contributed by atoms with Crippen LogP contribution in [0.4, 0.5) is 5.69 Å². The van der Waals surface area contributed by atoms with Gasteiger partial charge in [-0.3, -0.25) is 0 Å². The lowest BCUT2D eigenvalue weighted by atomic mass is 9.90. The second-order valence-electron chi connectivity index (χ2n) is 6.66. The van der Waals surface area contributed by atoms with Crippen molar-refractivity contribution in [1.82, 2.24) is 0 Å². The molecule has 0 atom stereocenters. The van der Waals surface area contributed by atoms with Gasteiger partial charge in [-0.1, -0.05) is 32.3 Å². The normalized spacial score (nSPS) is 13.5. The summed E-state index contributed by atoms with van der Waals surface area (Å²) in [6, 6.07) is 6.60. The quantitative estimate of drug-likeness (QED) is 0.696. The van der Waals surface area contributed by atoms with Crippen molar-refractivity contribution in [1.29, 1.82) is 0 Å². The average Bonchev–Trinajstić information content (AvgIpc) is 2.64. The SMILES string of the molecule is CCCCCCc1cc2cc(OC)c(OC)cc2c2c1CCCN2. The van der Waals surface area contributed by atoms with Crippen molar-refractivity contribution < 1.29 is 9.47 Å². The zero-order valence-electron chi connectivity index (χ0n) is 15.2. The molecule has 130 valence electrons. The molecule has 0 unspecified atom stereocenters. The number of ether oxygens (including phenoxy) is 2. The highest BCUT2D eigenvalue weighted by molar-refractivity contribution is 5.99. The van der Waals surface area contributed by atoms with Crippen LogP contribution < -0.4 is 14.8 Å². The maximum atomic E-state index is 5.50. The number of aryl methyl sites for hydroxylation is 1. The summed E-state index contributed by atoms with van der Waals surface area (Å²) in [5.74, 6) is 1.60. The van der Waals surface area contributed by atoms with Crippen molar-refractivity contribution in [3.63, 3.8) is 0 Å². The molecule has 1 heterocycles. The third-order valence-electron chi connectivity index (χ3n) is 5.05. The Kier molecular flexibility index (Phi) is 5.49. The van der Waals surface area contributed by atoms with E-state index in [1.54, 1.807) is 14.2 Å². The minimum atomic E-state index is 0.801. The van der Waals surface area contributed by atoms with Crippen molar-refractivity contribution in [3.05, 3.63) is 29.3 Å². The molecule has 0 aliphatic carbocycles. The molecular weight excluding hydrogens is 298 g/mol. The lowest BCUT2D eigenvalue weighted by molar-refractivity contribution is 0.356.